The van der Waals surface area contributed by atoms with E-state index in [1.807, 2.05) is 54.9 Å². The van der Waals surface area contributed by atoms with Gasteiger partial charge in [0.25, 0.3) is 0 Å². The molecule has 3 rings (SSSR count). The van der Waals surface area contributed by atoms with Gasteiger partial charge in [-0.05, 0) is 64.2 Å². The van der Waals surface area contributed by atoms with Gasteiger partial charge in [0, 0.05) is 18.0 Å². The largest absolute Gasteiger partial charge is 0.420 e. The van der Waals surface area contributed by atoms with Gasteiger partial charge in [-0.2, -0.15) is 13.2 Å². The first-order chi connectivity index (χ1) is 14.7. The van der Waals surface area contributed by atoms with Gasteiger partial charge in [0.15, 0.2) is 13.9 Å². The second-order valence-corrected chi connectivity index (χ2v) is 15.7. The number of nitrogens with zero attached hydrogens (tertiary/aromatic N) is 1. The smallest absolute Gasteiger partial charge is 0.401 e. The van der Waals surface area contributed by atoms with Crippen molar-refractivity contribution in [1.29, 1.82) is 0 Å². The lowest BCUT2D eigenvalue weighted by Gasteiger charge is -2.61. The molecule has 1 heterocycles. The van der Waals surface area contributed by atoms with Crippen molar-refractivity contribution in [2.24, 2.45) is 11.8 Å². The molecule has 32 heavy (non-hydrogen) atoms. The third kappa shape index (κ3) is 4.96. The van der Waals surface area contributed by atoms with E-state index in [0.717, 1.165) is 24.8 Å². The first-order valence-electron chi connectivity index (χ1n) is 11.9. The summed E-state index contributed by atoms with van der Waals surface area (Å²) in [6.45, 7) is 13.8. The maximum absolute atomic E-state index is 14.9. The highest BCUT2D eigenvalue weighted by atomic mass is 28.4. The molecule has 0 radical (unpaired) electrons. The molecule has 0 unspecified atom stereocenters. The predicted octanol–water partition coefficient (Wildman–Crippen LogP) is 6.99. The normalized spacial score (nSPS) is 31.1. The first kappa shape index (κ1) is 25.7. The number of hydrogen-bond donors (Lipinski definition) is 0. The summed E-state index contributed by atoms with van der Waals surface area (Å²) in [4.78, 5) is 1.95. The number of ether oxygens (including phenoxy) is 1. The third-order valence-electron chi connectivity index (χ3n) is 7.38. The Hall–Kier alpha value is -0.893. The van der Waals surface area contributed by atoms with Gasteiger partial charge in [-0.15, -0.1) is 0 Å². The molecule has 0 aromatic heterocycles. The van der Waals surface area contributed by atoms with E-state index in [1.165, 1.54) is 0 Å². The van der Waals surface area contributed by atoms with Crippen LogP contribution in [0.2, 0.25) is 19.6 Å². The fourth-order valence-corrected chi connectivity index (χ4v) is 7.17. The summed E-state index contributed by atoms with van der Waals surface area (Å²) < 4.78 is 57.4. The molecule has 182 valence electrons. The zero-order valence-corrected chi connectivity index (χ0v) is 21.6. The van der Waals surface area contributed by atoms with Crippen molar-refractivity contribution in [2.75, 3.05) is 0 Å². The van der Waals surface area contributed by atoms with Gasteiger partial charge in [0.2, 0.25) is 0 Å². The molecule has 1 aromatic rings. The van der Waals surface area contributed by atoms with Crippen molar-refractivity contribution >= 4 is 8.32 Å². The molecular weight excluding hydrogens is 431 g/mol. The Morgan fingerprint density at radius 2 is 1.75 bits per heavy atom. The molecule has 3 nitrogen and oxygen atoms in total. The van der Waals surface area contributed by atoms with Crippen molar-refractivity contribution in [3.05, 3.63) is 35.9 Å². The molecule has 0 N–H and O–H groups in total. The first-order valence-corrected chi connectivity index (χ1v) is 15.3. The lowest BCUT2D eigenvalue weighted by atomic mass is 9.69. The monoisotopic (exact) mass is 471 g/mol. The summed E-state index contributed by atoms with van der Waals surface area (Å²) in [6.07, 6.45) is -3.26. The van der Waals surface area contributed by atoms with Crippen molar-refractivity contribution < 1.29 is 22.3 Å². The SMILES string of the molecule is CC[C@](O[Si](C)(C)C)([C@@H]1O[C@@H]2C[C@H](C)CC[C@H]2C(C)(C)N1Cc1ccccc1)C(F)(F)F. The van der Waals surface area contributed by atoms with E-state index in [2.05, 4.69) is 20.8 Å². The lowest BCUT2D eigenvalue weighted by molar-refractivity contribution is -0.354. The van der Waals surface area contributed by atoms with Crippen molar-refractivity contribution in [3.8, 4) is 0 Å². The molecule has 1 aliphatic carbocycles. The summed E-state index contributed by atoms with van der Waals surface area (Å²) in [6, 6.07) is 9.74. The van der Waals surface area contributed by atoms with E-state index in [4.69, 9.17) is 9.16 Å². The van der Waals surface area contributed by atoms with Crippen LogP contribution in [0.15, 0.2) is 30.3 Å². The summed E-state index contributed by atoms with van der Waals surface area (Å²) in [7, 11) is -2.56. The van der Waals surface area contributed by atoms with Gasteiger partial charge in [0.1, 0.15) is 6.23 Å². The molecule has 1 saturated carbocycles. The highest BCUT2D eigenvalue weighted by Crippen LogP contribution is 2.52. The fourth-order valence-electron chi connectivity index (χ4n) is 5.71. The van der Waals surface area contributed by atoms with E-state index >= 15 is 0 Å². The summed E-state index contributed by atoms with van der Waals surface area (Å²) >= 11 is 0. The molecule has 2 aliphatic rings. The average molecular weight is 472 g/mol. The maximum Gasteiger partial charge on any atom is 0.420 e. The van der Waals surface area contributed by atoms with Gasteiger partial charge in [-0.3, -0.25) is 4.90 Å². The minimum absolute atomic E-state index is 0.181. The minimum atomic E-state index is -4.55. The van der Waals surface area contributed by atoms with E-state index in [9.17, 15) is 13.2 Å². The molecule has 5 atom stereocenters. The Labute approximate surface area is 192 Å². The number of rotatable bonds is 6. The van der Waals surface area contributed by atoms with Gasteiger partial charge in [-0.1, -0.05) is 50.6 Å². The molecular formula is C25H40F3NO2Si. The standard InChI is InChI=1S/C25H40F3NO2Si/c1-8-24(25(26,27)28,31-32(5,6)7)22-29(17-19-12-10-9-11-13-19)23(3,4)20-15-14-18(2)16-21(20)30-22/h9-13,18,20-22H,8,14-17H2,1-7H3/t18-,20-,21-,22+,24+/m1/s1. The number of benzene rings is 1. The number of hydrogen-bond acceptors (Lipinski definition) is 3. The van der Waals surface area contributed by atoms with Gasteiger partial charge in [-0.25, -0.2) is 0 Å². The number of halogens is 3. The van der Waals surface area contributed by atoms with Crippen LogP contribution in [0.3, 0.4) is 0 Å². The van der Waals surface area contributed by atoms with Crippen molar-refractivity contribution in [3.63, 3.8) is 0 Å². The topological polar surface area (TPSA) is 21.7 Å². The zero-order valence-electron chi connectivity index (χ0n) is 20.6. The van der Waals surface area contributed by atoms with Crippen LogP contribution in [-0.2, 0) is 15.7 Å². The molecule has 0 amide bonds. The Balaban J connectivity index is 2.14. The molecule has 1 aliphatic heterocycles. The van der Waals surface area contributed by atoms with Crippen LogP contribution < -0.4 is 0 Å². The second kappa shape index (κ2) is 9.04. The lowest BCUT2D eigenvalue weighted by Crippen LogP contribution is -2.74. The highest BCUT2D eigenvalue weighted by molar-refractivity contribution is 6.69. The van der Waals surface area contributed by atoms with E-state index in [1.54, 1.807) is 6.92 Å². The summed E-state index contributed by atoms with van der Waals surface area (Å²) in [5, 5.41) is 0. The Morgan fingerprint density at radius 3 is 2.28 bits per heavy atom. The minimum Gasteiger partial charge on any atom is -0.401 e. The van der Waals surface area contributed by atoms with E-state index in [-0.39, 0.29) is 18.4 Å². The third-order valence-corrected chi connectivity index (χ3v) is 8.35. The molecule has 1 aromatic carbocycles. The molecule has 0 bridgehead atoms. The Bertz CT molecular complexity index is 765. The molecule has 0 spiro atoms. The van der Waals surface area contributed by atoms with Crippen LogP contribution in [0.5, 0.6) is 0 Å². The molecule has 2 fully saturated rings. The van der Waals surface area contributed by atoms with Crippen LogP contribution in [-0.4, -0.2) is 42.9 Å². The highest BCUT2D eigenvalue weighted by Gasteiger charge is 2.67. The maximum atomic E-state index is 14.9. The van der Waals surface area contributed by atoms with Crippen LogP contribution in [0.1, 0.15) is 58.9 Å². The van der Waals surface area contributed by atoms with Crippen LogP contribution >= 0.6 is 0 Å². The molecule has 1 saturated heterocycles. The summed E-state index contributed by atoms with van der Waals surface area (Å²) in [5.74, 6) is 0.640. The van der Waals surface area contributed by atoms with Gasteiger partial charge in [0.05, 0.1) is 6.10 Å². The van der Waals surface area contributed by atoms with Crippen LogP contribution in [0, 0.1) is 11.8 Å². The van der Waals surface area contributed by atoms with Gasteiger partial charge < -0.3 is 9.16 Å². The zero-order chi connectivity index (χ0) is 23.9. The van der Waals surface area contributed by atoms with E-state index in [0.29, 0.717) is 12.5 Å². The van der Waals surface area contributed by atoms with Crippen LogP contribution in [0.25, 0.3) is 0 Å². The number of alkyl halides is 3. The predicted molar refractivity (Wildman–Crippen MR) is 125 cm³/mol. The number of fused-ring (bicyclic) bond motifs is 1. The molecule has 7 heteroatoms. The second-order valence-electron chi connectivity index (χ2n) is 11.3. The van der Waals surface area contributed by atoms with Crippen molar-refractivity contribution in [1.82, 2.24) is 4.90 Å². The van der Waals surface area contributed by atoms with Crippen LogP contribution in [0.4, 0.5) is 13.2 Å². The Kier molecular flexibility index (Phi) is 7.27. The van der Waals surface area contributed by atoms with Crippen molar-refractivity contribution in [2.45, 2.75) is 109 Å². The summed E-state index contributed by atoms with van der Waals surface area (Å²) in [5.41, 5.74) is -1.84. The average Bonchev–Trinajstić information content (AvgIpc) is 2.67. The fraction of sp³-hybridized carbons (Fsp3) is 0.760. The van der Waals surface area contributed by atoms with E-state index < -0.39 is 31.9 Å². The quantitative estimate of drug-likeness (QED) is 0.417. The van der Waals surface area contributed by atoms with Gasteiger partial charge >= 0.3 is 6.18 Å². The Morgan fingerprint density at radius 1 is 1.12 bits per heavy atom.